The molecule has 0 aliphatic heterocycles. The summed E-state index contributed by atoms with van der Waals surface area (Å²) in [6, 6.07) is 0.551. The van der Waals surface area contributed by atoms with Crippen molar-refractivity contribution >= 4 is 0 Å². The van der Waals surface area contributed by atoms with Crippen molar-refractivity contribution in [3.63, 3.8) is 0 Å². The number of rotatable bonds is 0. The van der Waals surface area contributed by atoms with Gasteiger partial charge >= 0.3 is 0 Å². The molecule has 1 heteroatoms. The molecule has 0 amide bonds. The maximum Gasteiger partial charge on any atom is 0.00700 e. The predicted molar refractivity (Wildman–Crippen MR) is 42.6 cm³/mol. The van der Waals surface area contributed by atoms with E-state index in [-0.39, 0.29) is 0 Å². The highest BCUT2D eigenvalue weighted by molar-refractivity contribution is 4.92. The monoisotopic (exact) mass is 139 g/mol. The molecular formula is C9H17N. The second-order valence-corrected chi connectivity index (χ2v) is 4.21. The predicted octanol–water partition coefficient (Wildman–Crippen LogP) is 1.77. The Bertz CT molecular complexity index is 131. The van der Waals surface area contributed by atoms with Gasteiger partial charge in [0.05, 0.1) is 0 Å². The Morgan fingerprint density at radius 3 is 2.60 bits per heavy atom. The van der Waals surface area contributed by atoms with E-state index in [2.05, 4.69) is 6.92 Å². The maximum absolute atomic E-state index is 5.98. The van der Waals surface area contributed by atoms with Crippen LogP contribution in [0.25, 0.3) is 0 Å². The zero-order valence-electron chi connectivity index (χ0n) is 6.72. The Morgan fingerprint density at radius 2 is 1.90 bits per heavy atom. The molecule has 2 rings (SSSR count). The highest BCUT2D eigenvalue weighted by Gasteiger charge is 2.38. The Balaban J connectivity index is 2.08. The molecule has 1 nitrogen and oxygen atoms in total. The minimum atomic E-state index is 0.551. The molecule has 4 unspecified atom stereocenters. The van der Waals surface area contributed by atoms with Crippen LogP contribution < -0.4 is 5.73 Å². The number of hydrogen-bond acceptors (Lipinski definition) is 1. The summed E-state index contributed by atoms with van der Waals surface area (Å²) >= 11 is 0. The van der Waals surface area contributed by atoms with Gasteiger partial charge in [0.15, 0.2) is 0 Å². The van der Waals surface area contributed by atoms with Crippen molar-refractivity contribution in [3.05, 3.63) is 0 Å². The third-order valence-corrected chi connectivity index (χ3v) is 3.58. The van der Waals surface area contributed by atoms with Crippen molar-refractivity contribution in [2.24, 2.45) is 23.5 Å². The minimum absolute atomic E-state index is 0.551. The second kappa shape index (κ2) is 2.23. The maximum atomic E-state index is 5.98. The Hall–Kier alpha value is -0.0400. The first kappa shape index (κ1) is 6.66. The standard InChI is InChI=1S/C9H17N/c1-6-2-3-7-4-8(6)5-9(7)10/h6-9H,2-5,10H2,1H3. The summed E-state index contributed by atoms with van der Waals surface area (Å²) in [5, 5.41) is 0. The van der Waals surface area contributed by atoms with Crippen molar-refractivity contribution < 1.29 is 0 Å². The summed E-state index contributed by atoms with van der Waals surface area (Å²) in [5.41, 5.74) is 5.98. The van der Waals surface area contributed by atoms with Crippen LogP contribution in [0.4, 0.5) is 0 Å². The van der Waals surface area contributed by atoms with E-state index in [0.29, 0.717) is 6.04 Å². The van der Waals surface area contributed by atoms with Crippen molar-refractivity contribution in [1.29, 1.82) is 0 Å². The Labute approximate surface area is 63.0 Å². The molecule has 2 N–H and O–H groups in total. The fourth-order valence-electron chi connectivity index (χ4n) is 2.71. The lowest BCUT2D eigenvalue weighted by atomic mass is 9.81. The van der Waals surface area contributed by atoms with Crippen LogP contribution in [0.1, 0.15) is 32.6 Å². The van der Waals surface area contributed by atoms with E-state index in [0.717, 1.165) is 17.8 Å². The lowest BCUT2D eigenvalue weighted by Crippen LogP contribution is -2.24. The van der Waals surface area contributed by atoms with Crippen molar-refractivity contribution in [1.82, 2.24) is 0 Å². The smallest absolute Gasteiger partial charge is 0.00700 e. The molecule has 2 aliphatic carbocycles. The molecule has 0 heterocycles. The van der Waals surface area contributed by atoms with Crippen LogP contribution >= 0.6 is 0 Å². The molecule has 58 valence electrons. The lowest BCUT2D eigenvalue weighted by molar-refractivity contribution is 0.263. The Morgan fingerprint density at radius 1 is 1.10 bits per heavy atom. The zero-order valence-corrected chi connectivity index (χ0v) is 6.72. The number of fused-ring (bicyclic) bond motifs is 2. The van der Waals surface area contributed by atoms with Gasteiger partial charge in [0.1, 0.15) is 0 Å². The second-order valence-electron chi connectivity index (χ2n) is 4.21. The third kappa shape index (κ3) is 0.878. The molecule has 10 heavy (non-hydrogen) atoms. The van der Waals surface area contributed by atoms with Gasteiger partial charge in [0.25, 0.3) is 0 Å². The fourth-order valence-corrected chi connectivity index (χ4v) is 2.71. The van der Waals surface area contributed by atoms with E-state index in [9.17, 15) is 0 Å². The molecule has 2 aliphatic rings. The van der Waals surface area contributed by atoms with E-state index in [1.54, 1.807) is 0 Å². The SMILES string of the molecule is CC1CCC2CC1CC2N. The molecule has 4 atom stereocenters. The van der Waals surface area contributed by atoms with Crippen LogP contribution in [0.15, 0.2) is 0 Å². The summed E-state index contributed by atoms with van der Waals surface area (Å²) in [5.74, 6) is 2.83. The molecule has 0 saturated heterocycles. The van der Waals surface area contributed by atoms with E-state index >= 15 is 0 Å². The molecule has 2 fully saturated rings. The molecule has 0 aromatic rings. The van der Waals surface area contributed by atoms with Gasteiger partial charge < -0.3 is 5.73 Å². The van der Waals surface area contributed by atoms with Crippen LogP contribution in [0.3, 0.4) is 0 Å². The first-order chi connectivity index (χ1) is 4.77. The average molecular weight is 139 g/mol. The highest BCUT2D eigenvalue weighted by Crippen LogP contribution is 2.44. The fraction of sp³-hybridized carbons (Fsp3) is 1.00. The van der Waals surface area contributed by atoms with Crippen LogP contribution in [0.2, 0.25) is 0 Å². The van der Waals surface area contributed by atoms with Crippen molar-refractivity contribution in [2.75, 3.05) is 0 Å². The molecule has 0 aromatic heterocycles. The van der Waals surface area contributed by atoms with Crippen molar-refractivity contribution in [2.45, 2.75) is 38.6 Å². The summed E-state index contributed by atoms with van der Waals surface area (Å²) in [6.07, 6.45) is 5.58. The molecule has 0 radical (unpaired) electrons. The van der Waals surface area contributed by atoms with Gasteiger partial charge in [0.2, 0.25) is 0 Å². The zero-order chi connectivity index (χ0) is 7.14. The van der Waals surface area contributed by atoms with E-state index in [4.69, 9.17) is 5.73 Å². The van der Waals surface area contributed by atoms with Crippen LogP contribution in [0, 0.1) is 17.8 Å². The molecular weight excluding hydrogens is 122 g/mol. The van der Waals surface area contributed by atoms with E-state index in [1.165, 1.54) is 25.7 Å². The first-order valence-corrected chi connectivity index (χ1v) is 4.53. The number of hydrogen-bond donors (Lipinski definition) is 1. The first-order valence-electron chi connectivity index (χ1n) is 4.53. The molecule has 2 saturated carbocycles. The van der Waals surface area contributed by atoms with Crippen molar-refractivity contribution in [3.8, 4) is 0 Å². The van der Waals surface area contributed by atoms with E-state index < -0.39 is 0 Å². The summed E-state index contributed by atoms with van der Waals surface area (Å²) in [6.45, 7) is 2.39. The topological polar surface area (TPSA) is 26.0 Å². The van der Waals surface area contributed by atoms with Crippen LogP contribution in [-0.2, 0) is 0 Å². The quantitative estimate of drug-likeness (QED) is 0.544. The normalized spacial score (nSPS) is 53.4. The summed E-state index contributed by atoms with van der Waals surface area (Å²) < 4.78 is 0. The summed E-state index contributed by atoms with van der Waals surface area (Å²) in [7, 11) is 0. The van der Waals surface area contributed by atoms with Gasteiger partial charge in [-0.2, -0.15) is 0 Å². The lowest BCUT2D eigenvalue weighted by Gasteiger charge is -2.25. The number of nitrogens with two attached hydrogens (primary N) is 1. The highest BCUT2D eigenvalue weighted by atomic mass is 14.7. The van der Waals surface area contributed by atoms with Gasteiger partial charge in [-0.1, -0.05) is 13.3 Å². The molecule has 0 spiro atoms. The van der Waals surface area contributed by atoms with Gasteiger partial charge in [-0.15, -0.1) is 0 Å². The Kier molecular flexibility index (Phi) is 1.48. The van der Waals surface area contributed by atoms with Gasteiger partial charge in [0, 0.05) is 6.04 Å². The minimum Gasteiger partial charge on any atom is -0.327 e. The third-order valence-electron chi connectivity index (χ3n) is 3.58. The van der Waals surface area contributed by atoms with Gasteiger partial charge in [-0.25, -0.2) is 0 Å². The largest absolute Gasteiger partial charge is 0.327 e. The average Bonchev–Trinajstić information content (AvgIpc) is 2.21. The molecule has 0 aromatic carbocycles. The van der Waals surface area contributed by atoms with Crippen LogP contribution in [-0.4, -0.2) is 6.04 Å². The summed E-state index contributed by atoms with van der Waals surface area (Å²) in [4.78, 5) is 0. The van der Waals surface area contributed by atoms with Gasteiger partial charge in [-0.3, -0.25) is 0 Å². The van der Waals surface area contributed by atoms with E-state index in [1.807, 2.05) is 0 Å². The molecule has 2 bridgehead atoms. The van der Waals surface area contributed by atoms with Gasteiger partial charge in [-0.05, 0) is 37.0 Å². The van der Waals surface area contributed by atoms with Crippen LogP contribution in [0.5, 0.6) is 0 Å².